The van der Waals surface area contributed by atoms with Gasteiger partial charge in [0.15, 0.2) is 12.2 Å². The van der Waals surface area contributed by atoms with Gasteiger partial charge in [-0.2, -0.15) is 74.6 Å². The monoisotopic (exact) mass is 562 g/mol. The smallest absolute Gasteiger partial charge is 0.363 e. The number of carbonyl (C=O) groups excluding carboxylic acids is 1. The molecule has 0 saturated carbocycles. The van der Waals surface area contributed by atoms with Gasteiger partial charge < -0.3 is 9.47 Å². The average molecular weight is 562 g/mol. The minimum atomic E-state index is -7.81. The second-order valence-electron chi connectivity index (χ2n) is 7.17. The van der Waals surface area contributed by atoms with Gasteiger partial charge >= 0.3 is 48.0 Å². The van der Waals surface area contributed by atoms with Crippen LogP contribution in [0.3, 0.4) is 0 Å². The van der Waals surface area contributed by atoms with Gasteiger partial charge in [0.25, 0.3) is 0 Å². The molecule has 0 unspecified atom stereocenters. The van der Waals surface area contributed by atoms with E-state index in [1.54, 1.807) is 0 Å². The van der Waals surface area contributed by atoms with Crippen LogP contribution in [0.5, 0.6) is 0 Å². The third-order valence-corrected chi connectivity index (χ3v) is 4.66. The normalized spacial score (nSPS) is 24.0. The topological polar surface area (TPSA) is 35.5 Å². The summed E-state index contributed by atoms with van der Waals surface area (Å²) in [5.41, 5.74) is 0. The third-order valence-electron chi connectivity index (χ3n) is 4.66. The molecule has 1 aliphatic rings. The van der Waals surface area contributed by atoms with Crippen LogP contribution >= 0.6 is 0 Å². The maximum Gasteiger partial charge on any atom is 0.417 e. The fraction of sp³-hybridized carbons (Fsp3) is 0.933. The Morgan fingerprint density at radius 2 is 1.20 bits per heavy atom. The third kappa shape index (κ3) is 5.71. The molecular weight excluding hydrogens is 551 g/mol. The van der Waals surface area contributed by atoms with Crippen molar-refractivity contribution in [2.75, 3.05) is 6.61 Å². The van der Waals surface area contributed by atoms with Gasteiger partial charge in [-0.1, -0.05) is 0 Å². The molecule has 1 heterocycles. The number of alkyl halides is 16. The first-order chi connectivity index (χ1) is 15.2. The summed E-state index contributed by atoms with van der Waals surface area (Å²) in [6.07, 6.45) is -26.2. The fourth-order valence-corrected chi connectivity index (χ4v) is 2.75. The Kier molecular flexibility index (Phi) is 8.41. The Bertz CT molecular complexity index is 757. The summed E-state index contributed by atoms with van der Waals surface area (Å²) in [6.45, 7) is -1.72. The number of rotatable bonds is 9. The zero-order chi connectivity index (χ0) is 28.1. The highest BCUT2D eigenvalue weighted by molar-refractivity contribution is 5.78. The number of carbonyl (C=O) groups is 1. The van der Waals surface area contributed by atoms with Crippen LogP contribution in [0.25, 0.3) is 0 Å². The number of hydrogen-bond acceptors (Lipinski definition) is 3. The highest BCUT2D eigenvalue weighted by Crippen LogP contribution is 2.58. The van der Waals surface area contributed by atoms with Crippen LogP contribution in [-0.2, 0) is 14.3 Å². The Morgan fingerprint density at radius 3 is 1.60 bits per heavy atom. The summed E-state index contributed by atoms with van der Waals surface area (Å²) < 4.78 is 230. The van der Waals surface area contributed by atoms with E-state index in [9.17, 15) is 79.4 Å². The van der Waals surface area contributed by atoms with E-state index in [2.05, 4.69) is 9.47 Å². The molecule has 0 radical (unpaired) electrons. The predicted octanol–water partition coefficient (Wildman–Crippen LogP) is 6.11. The van der Waals surface area contributed by atoms with E-state index in [1.807, 2.05) is 0 Å². The molecule has 0 aromatic rings. The predicted molar refractivity (Wildman–Crippen MR) is 75.2 cm³/mol. The summed E-state index contributed by atoms with van der Waals surface area (Å²) in [6, 6.07) is -4.58. The van der Waals surface area contributed by atoms with E-state index in [0.29, 0.717) is 0 Å². The largest absolute Gasteiger partial charge is 0.417 e. The van der Waals surface area contributed by atoms with Crippen molar-refractivity contribution in [2.45, 2.75) is 79.5 Å². The molecule has 0 N–H and O–H groups in total. The van der Waals surface area contributed by atoms with Crippen molar-refractivity contribution in [3.63, 3.8) is 0 Å². The zero-order valence-corrected chi connectivity index (χ0v) is 16.2. The molecule has 1 saturated heterocycles. The molecule has 0 amide bonds. The lowest BCUT2D eigenvalue weighted by atomic mass is 9.91. The molecule has 35 heavy (non-hydrogen) atoms. The van der Waals surface area contributed by atoms with Crippen LogP contribution in [0.1, 0.15) is 19.3 Å². The molecule has 20 heteroatoms. The van der Waals surface area contributed by atoms with Crippen molar-refractivity contribution in [1.82, 2.24) is 0 Å². The molecule has 3 nitrogen and oxygen atoms in total. The van der Waals surface area contributed by atoms with Crippen molar-refractivity contribution in [3.05, 3.63) is 0 Å². The van der Waals surface area contributed by atoms with Crippen molar-refractivity contribution < 1.29 is 88.9 Å². The van der Waals surface area contributed by atoms with Crippen LogP contribution in [0, 0.1) is 0 Å². The summed E-state index contributed by atoms with van der Waals surface area (Å²) in [4.78, 5) is 9.83. The average Bonchev–Trinajstić information content (AvgIpc) is 2.65. The SMILES string of the molecule is O=C(F)C(F)(F)C(F)(F)C(F)(F)C(F)(F)C(F)(F)CCC[C@@H]1O[C@@H](C(F)(F)F)CO[C@H]1C(F)(F)F. The molecule has 3 atom stereocenters. The van der Waals surface area contributed by atoms with E-state index >= 15 is 0 Å². The maximum atomic E-state index is 13.7. The quantitative estimate of drug-likeness (QED) is 0.252. The minimum absolute atomic E-state index is 1.66. The molecule has 1 fully saturated rings. The van der Waals surface area contributed by atoms with Gasteiger partial charge in [0, 0.05) is 6.42 Å². The Balaban J connectivity index is 3.11. The second-order valence-corrected chi connectivity index (χ2v) is 7.17. The number of ether oxygens (including phenoxy) is 2. The Hall–Kier alpha value is -1.60. The second kappa shape index (κ2) is 9.37. The highest BCUT2D eigenvalue weighted by Gasteiger charge is 2.87. The van der Waals surface area contributed by atoms with E-state index in [0.717, 1.165) is 0 Å². The summed E-state index contributed by atoms with van der Waals surface area (Å²) in [5, 5.41) is 0. The fourth-order valence-electron chi connectivity index (χ4n) is 2.75. The van der Waals surface area contributed by atoms with Gasteiger partial charge in [0.1, 0.15) is 0 Å². The van der Waals surface area contributed by atoms with Gasteiger partial charge in [0.2, 0.25) is 0 Å². The lowest BCUT2D eigenvalue weighted by molar-refractivity contribution is -0.396. The highest BCUT2D eigenvalue weighted by atomic mass is 19.4. The first-order valence-corrected chi connectivity index (χ1v) is 8.74. The first kappa shape index (κ1) is 31.4. The molecule has 208 valence electrons. The molecule has 0 aromatic heterocycles. The zero-order valence-electron chi connectivity index (χ0n) is 16.2. The van der Waals surface area contributed by atoms with Crippen LogP contribution in [0.4, 0.5) is 74.6 Å². The van der Waals surface area contributed by atoms with Gasteiger partial charge in [0.05, 0.1) is 12.7 Å². The molecule has 0 spiro atoms. The molecule has 1 rings (SSSR count). The van der Waals surface area contributed by atoms with E-state index < -0.39 is 92.2 Å². The maximum absolute atomic E-state index is 13.7. The standard InChI is InChI=1S/C15H11F17O3/c16-8(33)10(19,20)14(29,30)15(31,32)13(27,28)9(17,18)3-1-2-5-7(12(24,25)26)34-4-6(35-5)11(21,22)23/h5-7H,1-4H2/t5-,6+,7+/m0/s1. The lowest BCUT2D eigenvalue weighted by Crippen LogP contribution is -2.68. The molecule has 1 aliphatic heterocycles. The van der Waals surface area contributed by atoms with Gasteiger partial charge in [-0.15, -0.1) is 0 Å². The van der Waals surface area contributed by atoms with Crippen LogP contribution in [0.15, 0.2) is 0 Å². The van der Waals surface area contributed by atoms with E-state index in [1.165, 1.54) is 0 Å². The molecule has 0 aliphatic carbocycles. The van der Waals surface area contributed by atoms with E-state index in [-0.39, 0.29) is 0 Å². The number of halogens is 17. The van der Waals surface area contributed by atoms with Crippen LogP contribution < -0.4 is 0 Å². The summed E-state index contributed by atoms with van der Waals surface area (Å²) in [7, 11) is 0. The van der Waals surface area contributed by atoms with E-state index in [4.69, 9.17) is 0 Å². The minimum Gasteiger partial charge on any atom is -0.363 e. The Labute approximate surface area is 182 Å². The first-order valence-electron chi connectivity index (χ1n) is 8.74. The summed E-state index contributed by atoms with van der Waals surface area (Å²) >= 11 is 0. The van der Waals surface area contributed by atoms with Gasteiger partial charge in [-0.3, -0.25) is 4.79 Å². The van der Waals surface area contributed by atoms with Crippen LogP contribution in [-0.4, -0.2) is 72.9 Å². The van der Waals surface area contributed by atoms with Crippen molar-refractivity contribution in [1.29, 1.82) is 0 Å². The van der Waals surface area contributed by atoms with Crippen molar-refractivity contribution in [3.8, 4) is 0 Å². The van der Waals surface area contributed by atoms with Crippen molar-refractivity contribution >= 4 is 6.04 Å². The number of hydrogen-bond donors (Lipinski definition) is 0. The molecule has 0 aromatic carbocycles. The van der Waals surface area contributed by atoms with Crippen molar-refractivity contribution in [2.24, 2.45) is 0 Å². The van der Waals surface area contributed by atoms with Gasteiger partial charge in [-0.05, 0) is 12.8 Å². The van der Waals surface area contributed by atoms with Gasteiger partial charge in [-0.25, -0.2) is 0 Å². The molecular formula is C15H11F17O3. The summed E-state index contributed by atoms with van der Waals surface area (Å²) in [5.74, 6) is -36.6. The lowest BCUT2D eigenvalue weighted by Gasteiger charge is -2.39. The molecule has 0 bridgehead atoms. The Morgan fingerprint density at radius 1 is 0.714 bits per heavy atom. The van der Waals surface area contributed by atoms with Crippen LogP contribution in [0.2, 0.25) is 0 Å².